The molecule has 0 amide bonds. The Labute approximate surface area is 127 Å². The largest absolute Gasteiger partial charge is 0.298 e. The highest BCUT2D eigenvalue weighted by Crippen LogP contribution is 2.38. The number of benzene rings is 1. The minimum Gasteiger partial charge on any atom is -0.298 e. The second-order valence-corrected chi connectivity index (χ2v) is 8.00. The molecule has 2 aliphatic rings. The first kappa shape index (κ1) is 15.0. The van der Waals surface area contributed by atoms with Gasteiger partial charge in [0.25, 0.3) is 10.1 Å². The first-order valence-corrected chi connectivity index (χ1v) is 9.47. The number of piperidine rings is 1. The molecule has 1 aliphatic heterocycles. The Bertz CT molecular complexity index is 558. The fraction of sp³-hybridized carbons (Fsp3) is 0.625. The summed E-state index contributed by atoms with van der Waals surface area (Å²) in [7, 11) is -3.36. The number of likely N-dealkylation sites (tertiary alicyclic amines) is 1. The summed E-state index contributed by atoms with van der Waals surface area (Å²) < 4.78 is 28.3. The normalized spacial score (nSPS) is 30.2. The Morgan fingerprint density at radius 1 is 1.14 bits per heavy atom. The summed E-state index contributed by atoms with van der Waals surface area (Å²) in [5.74, 6) is 0.687. The van der Waals surface area contributed by atoms with Gasteiger partial charge < -0.3 is 0 Å². The van der Waals surface area contributed by atoms with Crippen molar-refractivity contribution in [1.29, 1.82) is 0 Å². The summed E-state index contributed by atoms with van der Waals surface area (Å²) in [5, 5.41) is 0. The number of hydrogen-bond acceptors (Lipinski definition) is 4. The summed E-state index contributed by atoms with van der Waals surface area (Å²) >= 11 is 0. The van der Waals surface area contributed by atoms with Gasteiger partial charge in [0.15, 0.2) is 0 Å². The van der Waals surface area contributed by atoms with Crippen molar-refractivity contribution in [3.63, 3.8) is 0 Å². The van der Waals surface area contributed by atoms with Crippen molar-refractivity contribution in [3.8, 4) is 0 Å². The van der Waals surface area contributed by atoms with Crippen molar-refractivity contribution >= 4 is 10.1 Å². The van der Waals surface area contributed by atoms with Gasteiger partial charge in [0.05, 0.1) is 12.4 Å². The quantitative estimate of drug-likeness (QED) is 0.801. The highest BCUT2D eigenvalue weighted by molar-refractivity contribution is 7.86. The number of rotatable bonds is 4. The summed E-state index contributed by atoms with van der Waals surface area (Å²) in [4.78, 5) is 2.45. The maximum atomic E-state index is 11.5. The number of nitrogens with zero attached hydrogens (tertiary/aromatic N) is 1. The van der Waals surface area contributed by atoms with Crippen LogP contribution >= 0.6 is 0 Å². The van der Waals surface area contributed by atoms with Crippen LogP contribution in [-0.2, 0) is 20.8 Å². The fourth-order valence-electron chi connectivity index (χ4n) is 3.81. The molecule has 1 saturated heterocycles. The molecule has 2 unspecified atom stereocenters. The van der Waals surface area contributed by atoms with Gasteiger partial charge in [0, 0.05) is 19.6 Å². The summed E-state index contributed by atoms with van der Waals surface area (Å²) in [5.41, 5.74) is 1.32. The second kappa shape index (κ2) is 6.07. The molecule has 4 nitrogen and oxygen atoms in total. The van der Waals surface area contributed by atoms with Crippen molar-refractivity contribution in [2.24, 2.45) is 11.8 Å². The van der Waals surface area contributed by atoms with E-state index < -0.39 is 10.1 Å². The fourth-order valence-corrected chi connectivity index (χ4v) is 4.53. The number of fused-ring (bicyclic) bond motifs is 2. The molecule has 2 bridgehead atoms. The maximum Gasteiger partial charge on any atom is 0.264 e. The standard InChI is InChI=1S/C16H23NO3S/c1-21(18,19)20-16-14-8-5-9-15(16)12-17(11-14)10-13-6-3-2-4-7-13/h2-4,6-7,14-16H,5,8-12H2,1H3. The second-order valence-electron chi connectivity index (χ2n) is 6.40. The van der Waals surface area contributed by atoms with Gasteiger partial charge in [-0.1, -0.05) is 36.8 Å². The Morgan fingerprint density at radius 3 is 2.33 bits per heavy atom. The molecule has 1 aromatic rings. The third kappa shape index (κ3) is 3.84. The highest BCUT2D eigenvalue weighted by Gasteiger charge is 2.41. The van der Waals surface area contributed by atoms with Gasteiger partial charge in [-0.3, -0.25) is 9.08 Å². The van der Waals surface area contributed by atoms with Crippen LogP contribution in [0.2, 0.25) is 0 Å². The highest BCUT2D eigenvalue weighted by atomic mass is 32.2. The molecular formula is C16H23NO3S. The molecule has 1 aliphatic carbocycles. The lowest BCUT2D eigenvalue weighted by Gasteiger charge is -2.46. The minimum absolute atomic E-state index is 0.110. The van der Waals surface area contributed by atoms with E-state index in [9.17, 15) is 8.42 Å². The van der Waals surface area contributed by atoms with E-state index in [1.54, 1.807) is 0 Å². The Kier molecular flexibility index (Phi) is 4.33. The van der Waals surface area contributed by atoms with E-state index in [0.29, 0.717) is 11.8 Å². The molecule has 1 heterocycles. The summed E-state index contributed by atoms with van der Waals surface area (Å²) in [6, 6.07) is 10.5. The van der Waals surface area contributed by atoms with Gasteiger partial charge in [-0.05, 0) is 30.2 Å². The minimum atomic E-state index is -3.36. The number of hydrogen-bond donors (Lipinski definition) is 0. The molecule has 0 N–H and O–H groups in total. The first-order valence-electron chi connectivity index (χ1n) is 7.66. The molecule has 5 heteroatoms. The summed E-state index contributed by atoms with van der Waals surface area (Å²) in [6.45, 7) is 2.82. The zero-order chi connectivity index (χ0) is 14.9. The van der Waals surface area contributed by atoms with Crippen LogP contribution in [0.3, 0.4) is 0 Å². The lowest BCUT2D eigenvalue weighted by atomic mass is 9.75. The van der Waals surface area contributed by atoms with E-state index >= 15 is 0 Å². The van der Waals surface area contributed by atoms with E-state index in [0.717, 1.165) is 32.5 Å². The monoisotopic (exact) mass is 309 g/mol. The van der Waals surface area contributed by atoms with Crippen LogP contribution in [0, 0.1) is 11.8 Å². The van der Waals surface area contributed by atoms with Gasteiger partial charge in [-0.15, -0.1) is 0 Å². The zero-order valence-corrected chi connectivity index (χ0v) is 13.3. The molecule has 0 aromatic heterocycles. The zero-order valence-electron chi connectivity index (χ0n) is 12.4. The Hall–Kier alpha value is -0.910. The van der Waals surface area contributed by atoms with Crippen LogP contribution in [0.1, 0.15) is 24.8 Å². The Balaban J connectivity index is 1.68. The Morgan fingerprint density at radius 2 is 1.76 bits per heavy atom. The molecule has 1 aromatic carbocycles. The smallest absolute Gasteiger partial charge is 0.264 e. The van der Waals surface area contributed by atoms with Crippen LogP contribution in [0.5, 0.6) is 0 Å². The molecule has 116 valence electrons. The lowest BCUT2D eigenvalue weighted by molar-refractivity contribution is -0.0330. The van der Waals surface area contributed by atoms with Gasteiger partial charge in [-0.2, -0.15) is 8.42 Å². The van der Waals surface area contributed by atoms with E-state index in [4.69, 9.17) is 4.18 Å². The van der Waals surface area contributed by atoms with Gasteiger partial charge in [-0.25, -0.2) is 0 Å². The van der Waals surface area contributed by atoms with Gasteiger partial charge >= 0.3 is 0 Å². The molecule has 21 heavy (non-hydrogen) atoms. The first-order chi connectivity index (χ1) is 10.0. The lowest BCUT2D eigenvalue weighted by Crippen LogP contribution is -2.52. The van der Waals surface area contributed by atoms with E-state index in [1.165, 1.54) is 18.2 Å². The average molecular weight is 309 g/mol. The molecule has 1 saturated carbocycles. The van der Waals surface area contributed by atoms with Crippen LogP contribution in [0.25, 0.3) is 0 Å². The van der Waals surface area contributed by atoms with Crippen LogP contribution < -0.4 is 0 Å². The van der Waals surface area contributed by atoms with Gasteiger partial charge in [0.1, 0.15) is 0 Å². The third-order valence-corrected chi connectivity index (χ3v) is 5.17. The van der Waals surface area contributed by atoms with Crippen molar-refractivity contribution in [3.05, 3.63) is 35.9 Å². The molecule has 0 spiro atoms. The van der Waals surface area contributed by atoms with E-state index in [-0.39, 0.29) is 6.10 Å². The van der Waals surface area contributed by atoms with Crippen molar-refractivity contribution in [2.45, 2.75) is 31.9 Å². The third-order valence-electron chi connectivity index (χ3n) is 4.60. The van der Waals surface area contributed by atoms with Crippen LogP contribution in [0.15, 0.2) is 30.3 Å². The van der Waals surface area contributed by atoms with Crippen LogP contribution in [0.4, 0.5) is 0 Å². The van der Waals surface area contributed by atoms with Crippen molar-refractivity contribution < 1.29 is 12.6 Å². The SMILES string of the molecule is CS(=O)(=O)OC1C2CCCC1CN(Cc1ccccc1)C2. The van der Waals surface area contributed by atoms with E-state index in [2.05, 4.69) is 29.2 Å². The summed E-state index contributed by atoms with van der Waals surface area (Å²) in [6.07, 6.45) is 4.39. The molecule has 2 fully saturated rings. The average Bonchev–Trinajstić information content (AvgIpc) is 2.39. The molecule has 0 radical (unpaired) electrons. The van der Waals surface area contributed by atoms with Gasteiger partial charge in [0.2, 0.25) is 0 Å². The van der Waals surface area contributed by atoms with Crippen molar-refractivity contribution in [1.82, 2.24) is 4.90 Å². The molecule has 3 rings (SSSR count). The molecule has 2 atom stereocenters. The molecular weight excluding hydrogens is 286 g/mol. The van der Waals surface area contributed by atoms with Crippen LogP contribution in [-0.4, -0.2) is 38.8 Å². The topological polar surface area (TPSA) is 46.6 Å². The predicted octanol–water partition coefficient (Wildman–Crippen LogP) is 2.26. The predicted molar refractivity (Wildman–Crippen MR) is 82.3 cm³/mol. The van der Waals surface area contributed by atoms with Crippen molar-refractivity contribution in [2.75, 3.05) is 19.3 Å². The van der Waals surface area contributed by atoms with E-state index in [1.807, 2.05) is 6.07 Å². The maximum absolute atomic E-state index is 11.5.